The van der Waals surface area contributed by atoms with Crippen LogP contribution in [0.15, 0.2) is 31.0 Å². The third kappa shape index (κ3) is 1.86. The molecule has 3 heterocycles. The number of hydrogen-bond donors (Lipinski definition) is 1. The lowest BCUT2D eigenvalue weighted by Gasteiger charge is -2.03. The van der Waals surface area contributed by atoms with Crippen molar-refractivity contribution in [1.29, 1.82) is 0 Å². The minimum atomic E-state index is 0.378. The lowest BCUT2D eigenvalue weighted by atomic mass is 10.3. The molecule has 0 saturated carbocycles. The van der Waals surface area contributed by atoms with Crippen LogP contribution >= 0.6 is 11.6 Å². The molecule has 3 aromatic heterocycles. The Bertz CT molecular complexity index is 690. The van der Waals surface area contributed by atoms with Crippen molar-refractivity contribution in [2.75, 3.05) is 5.73 Å². The molecule has 18 heavy (non-hydrogen) atoms. The fourth-order valence-electron chi connectivity index (χ4n) is 1.69. The smallest absolute Gasteiger partial charge is 0.165 e. The molecular formula is C11H9ClN6. The zero-order valence-electron chi connectivity index (χ0n) is 9.29. The summed E-state index contributed by atoms with van der Waals surface area (Å²) in [7, 11) is 0. The summed E-state index contributed by atoms with van der Waals surface area (Å²) in [6.07, 6.45) is 4.70. The molecule has 6 nitrogen and oxygen atoms in total. The molecule has 0 radical (unpaired) electrons. The van der Waals surface area contributed by atoms with Gasteiger partial charge < -0.3 is 10.3 Å². The Kier molecular flexibility index (Phi) is 2.56. The van der Waals surface area contributed by atoms with Crippen LogP contribution in [0.2, 0.25) is 5.02 Å². The Morgan fingerprint density at radius 2 is 2.06 bits per heavy atom. The van der Waals surface area contributed by atoms with E-state index in [2.05, 4.69) is 19.9 Å². The van der Waals surface area contributed by atoms with Crippen LogP contribution in [0.25, 0.3) is 11.2 Å². The first kappa shape index (κ1) is 10.9. The Morgan fingerprint density at radius 1 is 1.17 bits per heavy atom. The number of pyridine rings is 1. The third-order valence-corrected chi connectivity index (χ3v) is 2.77. The average Bonchev–Trinajstić information content (AvgIpc) is 2.77. The highest BCUT2D eigenvalue weighted by molar-refractivity contribution is 6.30. The lowest BCUT2D eigenvalue weighted by molar-refractivity contribution is 0.788. The zero-order chi connectivity index (χ0) is 12.5. The minimum absolute atomic E-state index is 0.378. The summed E-state index contributed by atoms with van der Waals surface area (Å²) in [5.74, 6) is 0.378. The van der Waals surface area contributed by atoms with E-state index in [9.17, 15) is 0 Å². The summed E-state index contributed by atoms with van der Waals surface area (Å²) in [6.45, 7) is 0.560. The highest BCUT2D eigenvalue weighted by atomic mass is 35.5. The normalized spacial score (nSPS) is 10.9. The first-order valence-corrected chi connectivity index (χ1v) is 5.63. The SMILES string of the molecule is Nc1ncnc2c1ncn2Cc1ccc(Cl)cn1. The maximum Gasteiger partial charge on any atom is 0.165 e. The van der Waals surface area contributed by atoms with Crippen molar-refractivity contribution >= 4 is 28.6 Å². The monoisotopic (exact) mass is 260 g/mol. The number of fused-ring (bicyclic) bond motifs is 1. The summed E-state index contributed by atoms with van der Waals surface area (Å²) >= 11 is 5.79. The number of aromatic nitrogens is 5. The Labute approximate surface area is 107 Å². The summed E-state index contributed by atoms with van der Waals surface area (Å²) in [5.41, 5.74) is 7.89. The molecule has 0 aromatic carbocycles. The minimum Gasteiger partial charge on any atom is -0.382 e. The Balaban J connectivity index is 2.00. The van der Waals surface area contributed by atoms with Crippen LogP contribution in [-0.4, -0.2) is 24.5 Å². The van der Waals surface area contributed by atoms with E-state index in [1.54, 1.807) is 18.6 Å². The van der Waals surface area contributed by atoms with Gasteiger partial charge in [-0.1, -0.05) is 11.6 Å². The number of anilines is 1. The number of imidazole rings is 1. The number of hydrogen-bond acceptors (Lipinski definition) is 5. The van der Waals surface area contributed by atoms with Gasteiger partial charge in [-0.15, -0.1) is 0 Å². The summed E-state index contributed by atoms with van der Waals surface area (Å²) in [4.78, 5) is 16.5. The predicted molar refractivity (Wildman–Crippen MR) is 68.1 cm³/mol. The molecule has 2 N–H and O–H groups in total. The molecule has 0 saturated heterocycles. The third-order valence-electron chi connectivity index (χ3n) is 2.55. The van der Waals surface area contributed by atoms with Crippen LogP contribution in [-0.2, 0) is 6.54 Å². The summed E-state index contributed by atoms with van der Waals surface area (Å²) in [6, 6.07) is 3.66. The molecule has 0 atom stereocenters. The molecule has 7 heteroatoms. The van der Waals surface area contributed by atoms with E-state index in [1.165, 1.54) is 6.33 Å². The molecule has 0 aliphatic carbocycles. The Hall–Kier alpha value is -2.21. The van der Waals surface area contributed by atoms with Gasteiger partial charge in [0.05, 0.1) is 23.6 Å². The molecule has 0 unspecified atom stereocenters. The number of nitrogens with two attached hydrogens (primary N) is 1. The molecular weight excluding hydrogens is 252 g/mol. The second-order valence-corrected chi connectivity index (χ2v) is 4.21. The predicted octanol–water partition coefficient (Wildman–Crippen LogP) is 1.51. The average molecular weight is 261 g/mol. The topological polar surface area (TPSA) is 82.5 Å². The maximum atomic E-state index is 5.79. The molecule has 0 aliphatic heterocycles. The molecule has 0 amide bonds. The van der Waals surface area contributed by atoms with Gasteiger partial charge in [-0.2, -0.15) is 0 Å². The van der Waals surface area contributed by atoms with E-state index < -0.39 is 0 Å². The van der Waals surface area contributed by atoms with Crippen LogP contribution in [0.5, 0.6) is 0 Å². The van der Waals surface area contributed by atoms with Crippen molar-refractivity contribution in [1.82, 2.24) is 24.5 Å². The highest BCUT2D eigenvalue weighted by Crippen LogP contribution is 2.15. The molecule has 0 fully saturated rings. The molecule has 0 bridgehead atoms. The maximum absolute atomic E-state index is 5.79. The van der Waals surface area contributed by atoms with E-state index in [1.807, 2.05) is 10.6 Å². The molecule has 0 aliphatic rings. The van der Waals surface area contributed by atoms with E-state index in [4.69, 9.17) is 17.3 Å². The Morgan fingerprint density at radius 3 is 2.83 bits per heavy atom. The van der Waals surface area contributed by atoms with E-state index in [0.29, 0.717) is 28.5 Å². The van der Waals surface area contributed by atoms with Gasteiger partial charge in [-0.3, -0.25) is 4.98 Å². The van der Waals surface area contributed by atoms with Crippen molar-refractivity contribution in [2.45, 2.75) is 6.54 Å². The van der Waals surface area contributed by atoms with Crippen molar-refractivity contribution < 1.29 is 0 Å². The summed E-state index contributed by atoms with van der Waals surface area (Å²) in [5, 5.41) is 0.612. The first-order valence-electron chi connectivity index (χ1n) is 5.26. The fraction of sp³-hybridized carbons (Fsp3) is 0.0909. The largest absolute Gasteiger partial charge is 0.382 e. The van der Waals surface area contributed by atoms with Crippen LogP contribution in [0.4, 0.5) is 5.82 Å². The molecule has 3 rings (SSSR count). The fourth-order valence-corrected chi connectivity index (χ4v) is 1.80. The van der Waals surface area contributed by atoms with Crippen LogP contribution in [0, 0.1) is 0 Å². The quantitative estimate of drug-likeness (QED) is 0.755. The summed E-state index contributed by atoms with van der Waals surface area (Å²) < 4.78 is 1.86. The first-order chi connectivity index (χ1) is 8.74. The van der Waals surface area contributed by atoms with Crippen LogP contribution < -0.4 is 5.73 Å². The van der Waals surface area contributed by atoms with Gasteiger partial charge >= 0.3 is 0 Å². The number of rotatable bonds is 2. The van der Waals surface area contributed by atoms with Crippen molar-refractivity contribution in [3.63, 3.8) is 0 Å². The zero-order valence-corrected chi connectivity index (χ0v) is 10.0. The molecule has 0 spiro atoms. The van der Waals surface area contributed by atoms with Gasteiger partial charge in [0.2, 0.25) is 0 Å². The van der Waals surface area contributed by atoms with Gasteiger partial charge in [0.1, 0.15) is 11.8 Å². The lowest BCUT2D eigenvalue weighted by Crippen LogP contribution is -2.02. The second-order valence-electron chi connectivity index (χ2n) is 3.77. The van der Waals surface area contributed by atoms with E-state index in [-0.39, 0.29) is 0 Å². The van der Waals surface area contributed by atoms with Crippen LogP contribution in [0.1, 0.15) is 5.69 Å². The van der Waals surface area contributed by atoms with Gasteiger partial charge in [0.25, 0.3) is 0 Å². The van der Waals surface area contributed by atoms with E-state index >= 15 is 0 Å². The van der Waals surface area contributed by atoms with Gasteiger partial charge in [-0.25, -0.2) is 15.0 Å². The van der Waals surface area contributed by atoms with E-state index in [0.717, 1.165) is 5.69 Å². The molecule has 90 valence electrons. The van der Waals surface area contributed by atoms with Gasteiger partial charge in [0.15, 0.2) is 11.5 Å². The second kappa shape index (κ2) is 4.23. The highest BCUT2D eigenvalue weighted by Gasteiger charge is 2.08. The standard InChI is InChI=1S/C11H9ClN6/c12-7-1-2-8(14-3-7)4-18-6-17-9-10(13)15-5-16-11(9)18/h1-3,5-6H,4H2,(H2,13,15,16). The number of halogens is 1. The number of nitrogen functional groups attached to an aromatic ring is 1. The van der Waals surface area contributed by atoms with Crippen molar-refractivity contribution in [3.05, 3.63) is 41.7 Å². The molecule has 3 aromatic rings. The number of nitrogens with zero attached hydrogens (tertiary/aromatic N) is 5. The van der Waals surface area contributed by atoms with Crippen molar-refractivity contribution in [2.24, 2.45) is 0 Å². The van der Waals surface area contributed by atoms with Gasteiger partial charge in [0, 0.05) is 6.20 Å². The van der Waals surface area contributed by atoms with Gasteiger partial charge in [-0.05, 0) is 12.1 Å². The van der Waals surface area contributed by atoms with Crippen LogP contribution in [0.3, 0.4) is 0 Å². The van der Waals surface area contributed by atoms with Crippen molar-refractivity contribution in [3.8, 4) is 0 Å².